The van der Waals surface area contributed by atoms with Crippen LogP contribution >= 0.6 is 0 Å². The zero-order valence-electron chi connectivity index (χ0n) is 12.5. The van der Waals surface area contributed by atoms with Crippen molar-refractivity contribution in [3.05, 3.63) is 36.0 Å². The van der Waals surface area contributed by atoms with Gasteiger partial charge in [0.2, 0.25) is 5.91 Å². The third-order valence-electron chi connectivity index (χ3n) is 3.72. The van der Waals surface area contributed by atoms with Crippen LogP contribution in [0.3, 0.4) is 0 Å². The molecule has 1 atom stereocenters. The maximum absolute atomic E-state index is 12.1. The second-order valence-corrected chi connectivity index (χ2v) is 5.59. The molecule has 0 saturated carbocycles. The van der Waals surface area contributed by atoms with Gasteiger partial charge in [-0.05, 0) is 25.0 Å². The van der Waals surface area contributed by atoms with Crippen molar-refractivity contribution in [3.8, 4) is 0 Å². The predicted molar refractivity (Wildman–Crippen MR) is 81.3 cm³/mol. The molecular formula is C16H20N2O3. The summed E-state index contributed by atoms with van der Waals surface area (Å²) in [6, 6.07) is 7.00. The number of carbonyl (C=O) groups is 2. The molecule has 0 fully saturated rings. The van der Waals surface area contributed by atoms with Crippen LogP contribution in [0.4, 0.5) is 0 Å². The van der Waals surface area contributed by atoms with Gasteiger partial charge >= 0.3 is 5.97 Å². The number of carbonyl (C=O) groups excluding carboxylic acids is 1. The molecule has 1 unspecified atom stereocenters. The van der Waals surface area contributed by atoms with Crippen LogP contribution in [0.5, 0.6) is 0 Å². The lowest BCUT2D eigenvalue weighted by molar-refractivity contribution is -0.122. The average Bonchev–Trinajstić information content (AvgIpc) is 2.81. The first-order valence-corrected chi connectivity index (χ1v) is 7.00. The molecule has 0 aliphatic carbocycles. The molecule has 21 heavy (non-hydrogen) atoms. The summed E-state index contributed by atoms with van der Waals surface area (Å²) in [7, 11) is 0. The summed E-state index contributed by atoms with van der Waals surface area (Å²) < 4.78 is 1.68. The first-order valence-electron chi connectivity index (χ1n) is 7.00. The Morgan fingerprint density at radius 2 is 1.95 bits per heavy atom. The van der Waals surface area contributed by atoms with Crippen LogP contribution in [0.15, 0.2) is 30.5 Å². The molecule has 0 aliphatic heterocycles. The van der Waals surface area contributed by atoms with Crippen LogP contribution in [0.2, 0.25) is 0 Å². The van der Waals surface area contributed by atoms with E-state index in [0.29, 0.717) is 11.4 Å². The number of benzene rings is 1. The van der Waals surface area contributed by atoms with E-state index in [9.17, 15) is 14.7 Å². The summed E-state index contributed by atoms with van der Waals surface area (Å²) in [4.78, 5) is 23.4. The molecule has 0 spiro atoms. The zero-order valence-corrected chi connectivity index (χ0v) is 12.5. The molecule has 2 aromatic rings. The van der Waals surface area contributed by atoms with Gasteiger partial charge in [-0.2, -0.15) is 0 Å². The largest absolute Gasteiger partial charge is 0.478 e. The minimum absolute atomic E-state index is 0.0817. The fourth-order valence-corrected chi connectivity index (χ4v) is 2.19. The lowest BCUT2D eigenvalue weighted by atomic mass is 10.1. The van der Waals surface area contributed by atoms with Gasteiger partial charge in [0.15, 0.2) is 0 Å². The summed E-state index contributed by atoms with van der Waals surface area (Å²) in [5.74, 6) is -0.754. The van der Waals surface area contributed by atoms with E-state index in [2.05, 4.69) is 5.32 Å². The van der Waals surface area contributed by atoms with Crippen molar-refractivity contribution in [3.63, 3.8) is 0 Å². The fraction of sp³-hybridized carbons (Fsp3) is 0.375. The van der Waals surface area contributed by atoms with E-state index < -0.39 is 5.97 Å². The third kappa shape index (κ3) is 3.24. The van der Waals surface area contributed by atoms with Gasteiger partial charge in [-0.25, -0.2) is 4.79 Å². The summed E-state index contributed by atoms with van der Waals surface area (Å²) in [5, 5.41) is 13.0. The highest BCUT2D eigenvalue weighted by atomic mass is 16.4. The van der Waals surface area contributed by atoms with Crippen molar-refractivity contribution in [2.24, 2.45) is 5.92 Å². The molecule has 2 rings (SSSR count). The highest BCUT2D eigenvalue weighted by Gasteiger charge is 2.15. The van der Waals surface area contributed by atoms with E-state index >= 15 is 0 Å². The van der Waals surface area contributed by atoms with E-state index in [1.807, 2.05) is 32.9 Å². The molecule has 112 valence electrons. The summed E-state index contributed by atoms with van der Waals surface area (Å²) in [5.41, 5.74) is 0.791. The monoisotopic (exact) mass is 288 g/mol. The van der Waals surface area contributed by atoms with Crippen LogP contribution in [0.1, 0.15) is 31.1 Å². The van der Waals surface area contributed by atoms with Gasteiger partial charge in [-0.3, -0.25) is 4.79 Å². The number of aromatic nitrogens is 1. The Hall–Kier alpha value is -2.30. The van der Waals surface area contributed by atoms with Crippen LogP contribution in [0, 0.1) is 5.92 Å². The zero-order chi connectivity index (χ0) is 15.6. The highest BCUT2D eigenvalue weighted by Crippen LogP contribution is 2.20. The number of hydrogen-bond donors (Lipinski definition) is 2. The van der Waals surface area contributed by atoms with Crippen LogP contribution in [0.25, 0.3) is 10.9 Å². The Kier molecular flexibility index (Phi) is 4.31. The number of nitrogens with one attached hydrogen (secondary N) is 1. The van der Waals surface area contributed by atoms with E-state index in [0.717, 1.165) is 5.39 Å². The van der Waals surface area contributed by atoms with Crippen molar-refractivity contribution in [2.45, 2.75) is 33.4 Å². The molecule has 1 aromatic heterocycles. The van der Waals surface area contributed by atoms with E-state index in [1.54, 1.807) is 22.9 Å². The first kappa shape index (κ1) is 15.1. The quantitative estimate of drug-likeness (QED) is 0.888. The van der Waals surface area contributed by atoms with Gasteiger partial charge in [0.1, 0.15) is 6.54 Å². The van der Waals surface area contributed by atoms with E-state index in [-0.39, 0.29) is 24.1 Å². The van der Waals surface area contributed by atoms with Gasteiger partial charge < -0.3 is 15.0 Å². The molecule has 1 aromatic carbocycles. The Morgan fingerprint density at radius 3 is 2.57 bits per heavy atom. The number of amides is 1. The number of carboxylic acids is 1. The number of hydrogen-bond acceptors (Lipinski definition) is 2. The average molecular weight is 288 g/mol. The fourth-order valence-electron chi connectivity index (χ4n) is 2.19. The number of nitrogens with zero attached hydrogens (tertiary/aromatic N) is 1. The smallest absolute Gasteiger partial charge is 0.337 e. The van der Waals surface area contributed by atoms with Gasteiger partial charge in [0.25, 0.3) is 0 Å². The Balaban J connectivity index is 2.27. The maximum Gasteiger partial charge on any atom is 0.337 e. The van der Waals surface area contributed by atoms with Gasteiger partial charge in [0, 0.05) is 17.6 Å². The van der Waals surface area contributed by atoms with Crippen molar-refractivity contribution < 1.29 is 14.7 Å². The Morgan fingerprint density at radius 1 is 1.24 bits per heavy atom. The van der Waals surface area contributed by atoms with Crippen LogP contribution in [-0.4, -0.2) is 27.6 Å². The molecule has 2 N–H and O–H groups in total. The number of fused-ring (bicyclic) bond motifs is 1. The maximum atomic E-state index is 12.1. The topological polar surface area (TPSA) is 71.3 Å². The minimum Gasteiger partial charge on any atom is -0.478 e. The molecule has 1 amide bonds. The van der Waals surface area contributed by atoms with Crippen molar-refractivity contribution in [1.29, 1.82) is 0 Å². The van der Waals surface area contributed by atoms with E-state index in [1.165, 1.54) is 0 Å². The van der Waals surface area contributed by atoms with Crippen molar-refractivity contribution >= 4 is 22.8 Å². The third-order valence-corrected chi connectivity index (χ3v) is 3.72. The molecule has 0 aliphatic rings. The molecule has 0 bridgehead atoms. The molecular weight excluding hydrogens is 268 g/mol. The molecule has 1 heterocycles. The summed E-state index contributed by atoms with van der Waals surface area (Å²) in [6.07, 6.45) is 1.75. The molecule has 5 nitrogen and oxygen atoms in total. The Bertz CT molecular complexity index is 673. The van der Waals surface area contributed by atoms with E-state index in [4.69, 9.17) is 0 Å². The molecule has 0 saturated heterocycles. The van der Waals surface area contributed by atoms with Crippen molar-refractivity contribution in [1.82, 2.24) is 9.88 Å². The predicted octanol–water partition coefficient (Wildman–Crippen LogP) is 2.50. The first-order chi connectivity index (χ1) is 9.90. The van der Waals surface area contributed by atoms with Crippen LogP contribution < -0.4 is 5.32 Å². The summed E-state index contributed by atoms with van der Waals surface area (Å²) >= 11 is 0. The van der Waals surface area contributed by atoms with Gasteiger partial charge in [-0.15, -0.1) is 0 Å². The van der Waals surface area contributed by atoms with Gasteiger partial charge in [0.05, 0.1) is 11.1 Å². The normalized spacial score (nSPS) is 12.6. The number of aromatic carboxylic acids is 1. The number of carboxylic acid groups (broad SMARTS) is 1. The number of rotatable bonds is 5. The SMILES string of the molecule is CC(C)C(C)NC(=O)Cn1ccc2cccc(C(=O)O)c21. The highest BCUT2D eigenvalue weighted by molar-refractivity contribution is 6.02. The summed E-state index contributed by atoms with van der Waals surface area (Å²) in [6.45, 7) is 6.15. The second-order valence-electron chi connectivity index (χ2n) is 5.59. The standard InChI is InChI=1S/C16H20N2O3/c1-10(2)11(3)17-14(19)9-18-8-7-12-5-4-6-13(15(12)18)16(20)21/h4-8,10-11H,9H2,1-3H3,(H,17,19)(H,20,21). The lowest BCUT2D eigenvalue weighted by Gasteiger charge is -2.18. The number of para-hydroxylation sites is 1. The van der Waals surface area contributed by atoms with Crippen LogP contribution in [-0.2, 0) is 11.3 Å². The Labute approximate surface area is 123 Å². The van der Waals surface area contributed by atoms with Gasteiger partial charge in [-0.1, -0.05) is 26.0 Å². The molecule has 0 radical (unpaired) electrons. The second kappa shape index (κ2) is 5.99. The van der Waals surface area contributed by atoms with Crippen molar-refractivity contribution in [2.75, 3.05) is 0 Å². The lowest BCUT2D eigenvalue weighted by Crippen LogP contribution is -2.38. The minimum atomic E-state index is -0.989. The molecule has 5 heteroatoms.